The number of carbonyl (C=O) groups excluding carboxylic acids is 2. The lowest BCUT2D eigenvalue weighted by Crippen LogP contribution is -2.44. The summed E-state index contributed by atoms with van der Waals surface area (Å²) in [5.41, 5.74) is 0.276. The van der Waals surface area contributed by atoms with Crippen molar-refractivity contribution in [2.24, 2.45) is 5.41 Å². The van der Waals surface area contributed by atoms with E-state index in [1.165, 1.54) is 18.2 Å². The van der Waals surface area contributed by atoms with Gasteiger partial charge in [-0.3, -0.25) is 9.59 Å². The molecule has 6 heteroatoms. The van der Waals surface area contributed by atoms with Crippen LogP contribution >= 0.6 is 0 Å². The van der Waals surface area contributed by atoms with Crippen molar-refractivity contribution in [1.29, 1.82) is 0 Å². The van der Waals surface area contributed by atoms with Gasteiger partial charge < -0.3 is 20.4 Å². The largest absolute Gasteiger partial charge is 0.508 e. The van der Waals surface area contributed by atoms with Crippen LogP contribution in [-0.2, 0) is 4.79 Å². The van der Waals surface area contributed by atoms with Gasteiger partial charge in [-0.05, 0) is 30.4 Å². The highest BCUT2D eigenvalue weighted by Crippen LogP contribution is 2.37. The van der Waals surface area contributed by atoms with Gasteiger partial charge >= 0.3 is 0 Å². The van der Waals surface area contributed by atoms with Gasteiger partial charge in [0.25, 0.3) is 5.91 Å². The molecule has 0 atom stereocenters. The Morgan fingerprint density at radius 2 is 1.76 bits per heavy atom. The van der Waals surface area contributed by atoms with Crippen LogP contribution in [0, 0.1) is 5.41 Å². The van der Waals surface area contributed by atoms with Crippen molar-refractivity contribution >= 4 is 11.8 Å². The summed E-state index contributed by atoms with van der Waals surface area (Å²) in [6, 6.07) is 3.90. The molecule has 3 N–H and O–H groups in total. The number of aromatic hydroxyl groups is 2. The number of piperidine rings is 1. The van der Waals surface area contributed by atoms with E-state index in [1.807, 2.05) is 0 Å². The van der Waals surface area contributed by atoms with Crippen LogP contribution in [0.15, 0.2) is 18.2 Å². The minimum atomic E-state index is -0.201. The molecule has 1 aromatic carbocycles. The number of phenolic OH excluding ortho intramolecular Hbond substituents is 2. The lowest BCUT2D eigenvalue weighted by atomic mass is 9.77. The molecule has 2 amide bonds. The molecular formula is C15H18N2O4. The van der Waals surface area contributed by atoms with E-state index in [2.05, 4.69) is 5.32 Å². The summed E-state index contributed by atoms with van der Waals surface area (Å²) in [7, 11) is 0. The molecule has 2 aliphatic heterocycles. The van der Waals surface area contributed by atoms with Gasteiger partial charge in [0.05, 0.1) is 0 Å². The first-order chi connectivity index (χ1) is 9.97. The van der Waals surface area contributed by atoms with E-state index >= 15 is 0 Å². The summed E-state index contributed by atoms with van der Waals surface area (Å²) in [5.74, 6) is -0.365. The smallest absolute Gasteiger partial charge is 0.254 e. The Labute approximate surface area is 122 Å². The molecule has 0 aromatic heterocycles. The summed E-state index contributed by atoms with van der Waals surface area (Å²) >= 11 is 0. The van der Waals surface area contributed by atoms with Gasteiger partial charge in [0.2, 0.25) is 5.91 Å². The molecule has 2 aliphatic rings. The van der Waals surface area contributed by atoms with E-state index in [9.17, 15) is 19.8 Å². The molecule has 0 bridgehead atoms. The summed E-state index contributed by atoms with van der Waals surface area (Å²) in [6.45, 7) is 1.87. The van der Waals surface area contributed by atoms with E-state index in [-0.39, 0.29) is 34.3 Å². The predicted molar refractivity (Wildman–Crippen MR) is 75.0 cm³/mol. The third-order valence-electron chi connectivity index (χ3n) is 4.46. The Bertz CT molecular complexity index is 571. The Kier molecular flexibility index (Phi) is 3.23. The molecule has 3 rings (SSSR count). The Hall–Kier alpha value is -2.24. The van der Waals surface area contributed by atoms with Crippen LogP contribution in [0.2, 0.25) is 0 Å². The van der Waals surface area contributed by atoms with Crippen LogP contribution in [0.1, 0.15) is 29.6 Å². The molecule has 1 aromatic rings. The average molecular weight is 290 g/mol. The minimum absolute atomic E-state index is 0.00513. The standard InChI is InChI=1S/C15H18N2O4/c18-11-5-10(6-12(19)7-11)14(21)17-3-1-15(2-4-17)8-13(20)16-9-15/h5-7,18-19H,1-4,8-9H2,(H,16,20). The van der Waals surface area contributed by atoms with Crippen LogP contribution < -0.4 is 5.32 Å². The summed E-state index contributed by atoms with van der Waals surface area (Å²) in [5, 5.41) is 21.8. The second-order valence-corrected chi connectivity index (χ2v) is 5.98. The molecule has 2 heterocycles. The van der Waals surface area contributed by atoms with Gasteiger partial charge in [-0.1, -0.05) is 0 Å². The van der Waals surface area contributed by atoms with Crippen molar-refractivity contribution in [2.75, 3.05) is 19.6 Å². The van der Waals surface area contributed by atoms with E-state index in [0.29, 0.717) is 26.1 Å². The quantitative estimate of drug-likeness (QED) is 0.715. The number of hydrogen-bond donors (Lipinski definition) is 3. The number of nitrogens with zero attached hydrogens (tertiary/aromatic N) is 1. The third kappa shape index (κ3) is 2.66. The van der Waals surface area contributed by atoms with E-state index < -0.39 is 0 Å². The van der Waals surface area contributed by atoms with Crippen molar-refractivity contribution in [2.45, 2.75) is 19.3 Å². The van der Waals surface area contributed by atoms with Gasteiger partial charge in [0.1, 0.15) is 11.5 Å². The molecule has 112 valence electrons. The van der Waals surface area contributed by atoms with Crippen molar-refractivity contribution in [3.8, 4) is 11.5 Å². The van der Waals surface area contributed by atoms with Crippen molar-refractivity contribution < 1.29 is 19.8 Å². The number of likely N-dealkylation sites (tertiary alicyclic amines) is 1. The van der Waals surface area contributed by atoms with Crippen LogP contribution in [-0.4, -0.2) is 46.6 Å². The molecule has 1 spiro atoms. The predicted octanol–water partition coefficient (Wildman–Crippen LogP) is 0.840. The monoisotopic (exact) mass is 290 g/mol. The lowest BCUT2D eigenvalue weighted by molar-refractivity contribution is -0.119. The van der Waals surface area contributed by atoms with E-state index in [1.54, 1.807) is 4.90 Å². The van der Waals surface area contributed by atoms with Gasteiger partial charge in [-0.25, -0.2) is 0 Å². The number of rotatable bonds is 1. The van der Waals surface area contributed by atoms with Gasteiger partial charge in [-0.2, -0.15) is 0 Å². The number of phenols is 2. The maximum atomic E-state index is 12.4. The number of benzene rings is 1. The highest BCUT2D eigenvalue weighted by atomic mass is 16.3. The third-order valence-corrected chi connectivity index (χ3v) is 4.46. The first-order valence-corrected chi connectivity index (χ1v) is 7.06. The summed E-state index contributed by atoms with van der Waals surface area (Å²) in [4.78, 5) is 25.5. The lowest BCUT2D eigenvalue weighted by Gasteiger charge is -2.38. The van der Waals surface area contributed by atoms with Crippen LogP contribution in [0.5, 0.6) is 11.5 Å². The molecule has 0 aliphatic carbocycles. The van der Waals surface area contributed by atoms with Gasteiger partial charge in [-0.15, -0.1) is 0 Å². The first kappa shape index (κ1) is 13.7. The van der Waals surface area contributed by atoms with Gasteiger partial charge in [0, 0.05) is 37.7 Å². The first-order valence-electron chi connectivity index (χ1n) is 7.06. The zero-order chi connectivity index (χ0) is 15.0. The molecule has 0 saturated carbocycles. The minimum Gasteiger partial charge on any atom is -0.508 e. The Morgan fingerprint density at radius 1 is 1.14 bits per heavy atom. The second-order valence-electron chi connectivity index (χ2n) is 5.98. The zero-order valence-corrected chi connectivity index (χ0v) is 11.6. The topological polar surface area (TPSA) is 89.9 Å². The maximum Gasteiger partial charge on any atom is 0.254 e. The Balaban J connectivity index is 1.69. The number of hydrogen-bond acceptors (Lipinski definition) is 4. The van der Waals surface area contributed by atoms with E-state index in [4.69, 9.17) is 0 Å². The zero-order valence-electron chi connectivity index (χ0n) is 11.6. The fraction of sp³-hybridized carbons (Fsp3) is 0.467. The molecule has 0 radical (unpaired) electrons. The van der Waals surface area contributed by atoms with Crippen molar-refractivity contribution in [1.82, 2.24) is 10.2 Å². The number of carbonyl (C=O) groups is 2. The molecule has 0 unspecified atom stereocenters. The van der Waals surface area contributed by atoms with Crippen LogP contribution in [0.25, 0.3) is 0 Å². The highest BCUT2D eigenvalue weighted by Gasteiger charge is 2.41. The molecule has 6 nitrogen and oxygen atoms in total. The normalized spacial score (nSPS) is 20.6. The maximum absolute atomic E-state index is 12.4. The number of amides is 2. The fourth-order valence-corrected chi connectivity index (χ4v) is 3.19. The highest BCUT2D eigenvalue weighted by molar-refractivity contribution is 5.95. The summed E-state index contributed by atoms with van der Waals surface area (Å²) < 4.78 is 0. The van der Waals surface area contributed by atoms with Crippen LogP contribution in [0.3, 0.4) is 0 Å². The van der Waals surface area contributed by atoms with Crippen molar-refractivity contribution in [3.63, 3.8) is 0 Å². The van der Waals surface area contributed by atoms with Gasteiger partial charge in [0.15, 0.2) is 0 Å². The summed E-state index contributed by atoms with van der Waals surface area (Å²) in [6.07, 6.45) is 2.13. The molecular weight excluding hydrogens is 272 g/mol. The molecule has 21 heavy (non-hydrogen) atoms. The Morgan fingerprint density at radius 3 is 2.29 bits per heavy atom. The number of nitrogens with one attached hydrogen (secondary N) is 1. The van der Waals surface area contributed by atoms with E-state index in [0.717, 1.165) is 12.8 Å². The van der Waals surface area contributed by atoms with Crippen LogP contribution in [0.4, 0.5) is 0 Å². The second kappa shape index (κ2) is 4.95. The molecule has 2 fully saturated rings. The SMILES string of the molecule is O=C1CC2(CCN(C(=O)c3cc(O)cc(O)c3)CC2)CN1. The van der Waals surface area contributed by atoms with Crippen molar-refractivity contribution in [3.05, 3.63) is 23.8 Å². The fourth-order valence-electron chi connectivity index (χ4n) is 3.19. The molecule has 2 saturated heterocycles. The average Bonchev–Trinajstić information content (AvgIpc) is 2.79.